The van der Waals surface area contributed by atoms with Gasteiger partial charge in [0.05, 0.1) is 4.92 Å². The Morgan fingerprint density at radius 3 is 2.40 bits per heavy atom. The lowest BCUT2D eigenvalue weighted by molar-refractivity contribution is -0.386. The van der Waals surface area contributed by atoms with Crippen LogP contribution in [0.5, 0.6) is 5.75 Å². The summed E-state index contributed by atoms with van der Waals surface area (Å²) in [5, 5.41) is 11.0. The lowest BCUT2D eigenvalue weighted by atomic mass is 10.1. The Bertz CT molecular complexity index is 611. The van der Waals surface area contributed by atoms with E-state index in [1.54, 1.807) is 12.1 Å². The Hall–Kier alpha value is -2.07. The maximum absolute atomic E-state index is 11.0. The summed E-state index contributed by atoms with van der Waals surface area (Å²) in [7, 11) is 0. The molecule has 4 nitrogen and oxygen atoms in total. The number of nitro benzene ring substituents is 1. The third-order valence-electron chi connectivity index (χ3n) is 2.89. The fourth-order valence-electron chi connectivity index (χ4n) is 1.76. The van der Waals surface area contributed by atoms with Crippen molar-refractivity contribution in [3.05, 3.63) is 69.3 Å². The van der Waals surface area contributed by atoms with E-state index in [1.165, 1.54) is 6.07 Å². The van der Waals surface area contributed by atoms with Crippen molar-refractivity contribution in [3.8, 4) is 5.75 Å². The minimum absolute atomic E-state index is 0.0599. The maximum atomic E-state index is 11.0. The van der Waals surface area contributed by atoms with Crippen LogP contribution in [0.25, 0.3) is 0 Å². The Kier molecular flexibility index (Phi) is 4.58. The molecule has 0 fully saturated rings. The molecule has 0 heterocycles. The molecule has 0 aliphatic carbocycles. The van der Waals surface area contributed by atoms with Crippen molar-refractivity contribution >= 4 is 17.3 Å². The highest BCUT2D eigenvalue weighted by molar-refractivity contribution is 6.17. The number of benzene rings is 2. The van der Waals surface area contributed by atoms with Crippen LogP contribution < -0.4 is 4.74 Å². The quantitative estimate of drug-likeness (QED) is 0.471. The first-order valence-electron chi connectivity index (χ1n) is 6.12. The standard InChI is InChI=1S/C15H14ClNO3/c1-11-2-4-12(5-3-11)10-20-15-7-6-13(9-16)8-14(15)17(18)19/h2-8H,9-10H2,1H3. The highest BCUT2D eigenvalue weighted by Gasteiger charge is 2.15. The number of rotatable bonds is 5. The molecule has 0 aliphatic heterocycles. The zero-order valence-corrected chi connectivity index (χ0v) is 11.8. The van der Waals surface area contributed by atoms with Gasteiger partial charge in [-0.05, 0) is 24.1 Å². The third-order valence-corrected chi connectivity index (χ3v) is 3.20. The number of alkyl halides is 1. The molecule has 0 N–H and O–H groups in total. The molecule has 2 rings (SSSR count). The van der Waals surface area contributed by atoms with Gasteiger partial charge in [0.1, 0.15) is 6.61 Å². The average Bonchev–Trinajstić information content (AvgIpc) is 2.46. The molecule has 0 spiro atoms. The second-order valence-corrected chi connectivity index (χ2v) is 4.73. The van der Waals surface area contributed by atoms with Crippen LogP contribution in [0.15, 0.2) is 42.5 Å². The Balaban J connectivity index is 2.16. The lowest BCUT2D eigenvalue weighted by Crippen LogP contribution is -1.99. The predicted octanol–water partition coefficient (Wildman–Crippen LogP) is 4.22. The number of halogens is 1. The molecule has 0 atom stereocenters. The highest BCUT2D eigenvalue weighted by Crippen LogP contribution is 2.29. The second kappa shape index (κ2) is 6.39. The number of hydrogen-bond donors (Lipinski definition) is 0. The zero-order valence-electron chi connectivity index (χ0n) is 11.0. The summed E-state index contributed by atoms with van der Waals surface area (Å²) in [5.74, 6) is 0.489. The predicted molar refractivity (Wildman–Crippen MR) is 78.2 cm³/mol. The van der Waals surface area contributed by atoms with Gasteiger partial charge in [0.25, 0.3) is 0 Å². The van der Waals surface area contributed by atoms with Gasteiger partial charge in [-0.25, -0.2) is 0 Å². The number of nitro groups is 1. The molecule has 2 aromatic carbocycles. The van der Waals surface area contributed by atoms with Crippen molar-refractivity contribution < 1.29 is 9.66 Å². The summed E-state index contributed by atoms with van der Waals surface area (Å²) in [4.78, 5) is 10.6. The van der Waals surface area contributed by atoms with E-state index in [-0.39, 0.29) is 17.3 Å². The second-order valence-electron chi connectivity index (χ2n) is 4.47. The SMILES string of the molecule is Cc1ccc(COc2ccc(CCl)cc2[N+](=O)[O-])cc1. The molecule has 0 aromatic heterocycles. The fourth-order valence-corrected chi connectivity index (χ4v) is 1.92. The summed E-state index contributed by atoms with van der Waals surface area (Å²) in [6.07, 6.45) is 0. The van der Waals surface area contributed by atoms with Gasteiger partial charge in [-0.15, -0.1) is 11.6 Å². The van der Waals surface area contributed by atoms with Crippen LogP contribution in [0.1, 0.15) is 16.7 Å². The van der Waals surface area contributed by atoms with E-state index in [0.29, 0.717) is 12.2 Å². The normalized spacial score (nSPS) is 10.3. The van der Waals surface area contributed by atoms with E-state index in [9.17, 15) is 10.1 Å². The van der Waals surface area contributed by atoms with E-state index < -0.39 is 4.92 Å². The molecule has 0 saturated carbocycles. The summed E-state index contributed by atoms with van der Waals surface area (Å²) >= 11 is 5.68. The van der Waals surface area contributed by atoms with Gasteiger partial charge in [0.15, 0.2) is 5.75 Å². The molecule has 2 aromatic rings. The molecule has 0 amide bonds. The fraction of sp³-hybridized carbons (Fsp3) is 0.200. The van der Waals surface area contributed by atoms with E-state index in [0.717, 1.165) is 11.1 Å². The molecule has 5 heteroatoms. The van der Waals surface area contributed by atoms with Gasteiger partial charge in [0.2, 0.25) is 0 Å². The first-order chi connectivity index (χ1) is 9.60. The van der Waals surface area contributed by atoms with E-state index in [2.05, 4.69) is 0 Å². The van der Waals surface area contributed by atoms with Crippen LogP contribution in [-0.4, -0.2) is 4.92 Å². The molecule has 104 valence electrons. The van der Waals surface area contributed by atoms with Crippen LogP contribution in [0.2, 0.25) is 0 Å². The van der Waals surface area contributed by atoms with E-state index in [1.807, 2.05) is 31.2 Å². The number of hydrogen-bond acceptors (Lipinski definition) is 3. The van der Waals surface area contributed by atoms with Gasteiger partial charge in [-0.1, -0.05) is 35.9 Å². The number of ether oxygens (including phenoxy) is 1. The summed E-state index contributed by atoms with van der Waals surface area (Å²) in [6.45, 7) is 2.29. The molecule has 0 bridgehead atoms. The van der Waals surface area contributed by atoms with Gasteiger partial charge in [-0.3, -0.25) is 10.1 Å². The van der Waals surface area contributed by atoms with Gasteiger partial charge >= 0.3 is 5.69 Å². The third kappa shape index (κ3) is 3.48. The number of nitrogens with zero attached hydrogens (tertiary/aromatic N) is 1. The summed E-state index contributed by atoms with van der Waals surface area (Å²) < 4.78 is 5.54. The Morgan fingerprint density at radius 1 is 1.15 bits per heavy atom. The van der Waals surface area contributed by atoms with Gasteiger partial charge in [0, 0.05) is 11.9 Å². The summed E-state index contributed by atoms with van der Waals surface area (Å²) in [5.41, 5.74) is 2.76. The van der Waals surface area contributed by atoms with Crippen LogP contribution in [0, 0.1) is 17.0 Å². The Labute approximate surface area is 122 Å². The lowest BCUT2D eigenvalue weighted by Gasteiger charge is -2.08. The molecular weight excluding hydrogens is 278 g/mol. The van der Waals surface area contributed by atoms with Crippen molar-refractivity contribution in [1.82, 2.24) is 0 Å². The van der Waals surface area contributed by atoms with Gasteiger partial charge < -0.3 is 4.74 Å². The highest BCUT2D eigenvalue weighted by atomic mass is 35.5. The summed E-state index contributed by atoms with van der Waals surface area (Å²) in [6, 6.07) is 12.6. The Morgan fingerprint density at radius 2 is 1.80 bits per heavy atom. The minimum Gasteiger partial charge on any atom is -0.482 e. The van der Waals surface area contributed by atoms with Crippen LogP contribution in [0.4, 0.5) is 5.69 Å². The number of aryl methyl sites for hydroxylation is 1. The molecule has 0 saturated heterocycles. The first-order valence-corrected chi connectivity index (χ1v) is 6.65. The molecule has 0 aliphatic rings. The van der Waals surface area contributed by atoms with Crippen molar-refractivity contribution in [1.29, 1.82) is 0 Å². The smallest absolute Gasteiger partial charge is 0.311 e. The zero-order chi connectivity index (χ0) is 14.5. The first kappa shape index (κ1) is 14.3. The monoisotopic (exact) mass is 291 g/mol. The van der Waals surface area contributed by atoms with Crippen molar-refractivity contribution in [3.63, 3.8) is 0 Å². The van der Waals surface area contributed by atoms with Crippen molar-refractivity contribution in [2.24, 2.45) is 0 Å². The molecule has 0 unspecified atom stereocenters. The minimum atomic E-state index is -0.458. The van der Waals surface area contributed by atoms with Crippen molar-refractivity contribution in [2.75, 3.05) is 0 Å². The van der Waals surface area contributed by atoms with Crippen LogP contribution >= 0.6 is 11.6 Å². The topological polar surface area (TPSA) is 52.4 Å². The largest absolute Gasteiger partial charge is 0.482 e. The average molecular weight is 292 g/mol. The molecular formula is C15H14ClNO3. The molecule has 20 heavy (non-hydrogen) atoms. The molecule has 0 radical (unpaired) electrons. The maximum Gasteiger partial charge on any atom is 0.311 e. The van der Waals surface area contributed by atoms with Crippen LogP contribution in [0.3, 0.4) is 0 Å². The van der Waals surface area contributed by atoms with Crippen molar-refractivity contribution in [2.45, 2.75) is 19.4 Å². The van der Waals surface area contributed by atoms with E-state index >= 15 is 0 Å². The van der Waals surface area contributed by atoms with Crippen LogP contribution in [-0.2, 0) is 12.5 Å². The van der Waals surface area contributed by atoms with Gasteiger partial charge in [-0.2, -0.15) is 0 Å². The van der Waals surface area contributed by atoms with E-state index in [4.69, 9.17) is 16.3 Å².